The van der Waals surface area contributed by atoms with E-state index in [4.69, 9.17) is 4.74 Å². The number of nitrogens with zero attached hydrogens (tertiary/aromatic N) is 1. The Morgan fingerprint density at radius 1 is 1.32 bits per heavy atom. The van der Waals surface area contributed by atoms with Crippen molar-refractivity contribution in [2.75, 3.05) is 13.7 Å². The van der Waals surface area contributed by atoms with Crippen LogP contribution in [-0.2, 0) is 13.0 Å². The van der Waals surface area contributed by atoms with Crippen LogP contribution in [0.5, 0.6) is 5.75 Å². The van der Waals surface area contributed by atoms with Crippen molar-refractivity contribution >= 4 is 11.3 Å². The Balaban J connectivity index is 1.87. The van der Waals surface area contributed by atoms with E-state index in [9.17, 15) is 0 Å². The number of aryl methyl sites for hydroxylation is 2. The molecule has 102 valence electrons. The first-order chi connectivity index (χ1) is 9.19. The molecule has 1 aromatic carbocycles. The van der Waals surface area contributed by atoms with Gasteiger partial charge in [-0.15, -0.1) is 11.3 Å². The summed E-state index contributed by atoms with van der Waals surface area (Å²) in [4.78, 5) is 5.89. The molecule has 0 radical (unpaired) electrons. The van der Waals surface area contributed by atoms with Gasteiger partial charge in [-0.2, -0.15) is 0 Å². The number of aromatic nitrogens is 1. The van der Waals surface area contributed by atoms with Crippen molar-refractivity contribution in [1.29, 1.82) is 0 Å². The molecule has 0 aliphatic rings. The van der Waals surface area contributed by atoms with Crippen LogP contribution in [-0.4, -0.2) is 18.6 Å². The molecule has 1 N–H and O–H groups in total. The molecule has 0 saturated heterocycles. The number of benzene rings is 1. The van der Waals surface area contributed by atoms with Crippen LogP contribution in [0.1, 0.15) is 21.1 Å². The number of hydrogen-bond acceptors (Lipinski definition) is 4. The smallest absolute Gasteiger partial charge is 0.119 e. The van der Waals surface area contributed by atoms with E-state index in [2.05, 4.69) is 36.3 Å². The Morgan fingerprint density at radius 3 is 2.89 bits per heavy atom. The standard InChI is InChI=1S/C15H20N2OS/c1-11-5-4-6-13(9-11)18-8-7-15-17-12(2)14(19-15)10-16-3/h4-6,9,16H,7-8,10H2,1-3H3. The molecule has 0 aliphatic carbocycles. The predicted octanol–water partition coefficient (Wildman–Crippen LogP) is 3.10. The lowest BCUT2D eigenvalue weighted by molar-refractivity contribution is 0.321. The SMILES string of the molecule is CNCc1sc(CCOc2cccc(C)c2)nc1C. The average molecular weight is 276 g/mol. The van der Waals surface area contributed by atoms with Gasteiger partial charge in [0.2, 0.25) is 0 Å². The van der Waals surface area contributed by atoms with E-state index in [1.807, 2.05) is 19.2 Å². The van der Waals surface area contributed by atoms with E-state index in [-0.39, 0.29) is 0 Å². The highest BCUT2D eigenvalue weighted by Crippen LogP contribution is 2.19. The van der Waals surface area contributed by atoms with E-state index in [0.29, 0.717) is 6.61 Å². The van der Waals surface area contributed by atoms with Gasteiger partial charge in [0, 0.05) is 17.8 Å². The summed E-state index contributed by atoms with van der Waals surface area (Å²) >= 11 is 1.77. The molecule has 0 spiro atoms. The van der Waals surface area contributed by atoms with Gasteiger partial charge < -0.3 is 10.1 Å². The molecule has 0 atom stereocenters. The van der Waals surface area contributed by atoms with Gasteiger partial charge in [-0.1, -0.05) is 12.1 Å². The van der Waals surface area contributed by atoms with Crippen molar-refractivity contribution < 1.29 is 4.74 Å². The van der Waals surface area contributed by atoms with Crippen molar-refractivity contribution in [3.8, 4) is 5.75 Å². The van der Waals surface area contributed by atoms with E-state index in [1.54, 1.807) is 11.3 Å². The fourth-order valence-electron chi connectivity index (χ4n) is 1.88. The van der Waals surface area contributed by atoms with Crippen LogP contribution in [0.25, 0.3) is 0 Å². The number of hydrogen-bond donors (Lipinski definition) is 1. The lowest BCUT2D eigenvalue weighted by Gasteiger charge is -2.05. The summed E-state index contributed by atoms with van der Waals surface area (Å²) in [6, 6.07) is 8.14. The zero-order valence-corrected chi connectivity index (χ0v) is 12.5. The molecule has 0 amide bonds. The van der Waals surface area contributed by atoms with Gasteiger partial charge in [-0.25, -0.2) is 4.98 Å². The quantitative estimate of drug-likeness (QED) is 0.880. The fourth-order valence-corrected chi connectivity index (χ4v) is 2.94. The van der Waals surface area contributed by atoms with Gasteiger partial charge in [0.25, 0.3) is 0 Å². The zero-order valence-electron chi connectivity index (χ0n) is 11.7. The maximum atomic E-state index is 5.75. The van der Waals surface area contributed by atoms with E-state index >= 15 is 0 Å². The third-order valence-electron chi connectivity index (χ3n) is 2.85. The molecule has 0 unspecified atom stereocenters. The molecule has 19 heavy (non-hydrogen) atoms. The van der Waals surface area contributed by atoms with Crippen molar-refractivity contribution in [3.63, 3.8) is 0 Å². The summed E-state index contributed by atoms with van der Waals surface area (Å²) in [6.07, 6.45) is 0.864. The first kappa shape index (κ1) is 14.0. The molecule has 0 aliphatic heterocycles. The molecular weight excluding hydrogens is 256 g/mol. The minimum atomic E-state index is 0.676. The number of ether oxygens (including phenoxy) is 1. The highest BCUT2D eigenvalue weighted by molar-refractivity contribution is 7.11. The molecule has 2 aromatic rings. The normalized spacial score (nSPS) is 10.7. The topological polar surface area (TPSA) is 34.1 Å². The predicted molar refractivity (Wildman–Crippen MR) is 80.0 cm³/mol. The Bertz CT molecular complexity index is 537. The van der Waals surface area contributed by atoms with Gasteiger partial charge in [0.05, 0.1) is 17.3 Å². The lowest BCUT2D eigenvalue weighted by atomic mass is 10.2. The zero-order chi connectivity index (χ0) is 13.7. The second kappa shape index (κ2) is 6.68. The minimum Gasteiger partial charge on any atom is -0.493 e. The molecule has 0 bridgehead atoms. The molecule has 1 aromatic heterocycles. The maximum Gasteiger partial charge on any atom is 0.119 e. The van der Waals surface area contributed by atoms with Gasteiger partial charge in [0.15, 0.2) is 0 Å². The summed E-state index contributed by atoms with van der Waals surface area (Å²) < 4.78 is 5.75. The second-order valence-corrected chi connectivity index (χ2v) is 5.73. The Hall–Kier alpha value is -1.39. The monoisotopic (exact) mass is 276 g/mol. The van der Waals surface area contributed by atoms with Crippen LogP contribution in [0.4, 0.5) is 0 Å². The van der Waals surface area contributed by atoms with Crippen molar-refractivity contribution in [2.24, 2.45) is 0 Å². The van der Waals surface area contributed by atoms with Crippen LogP contribution in [0.3, 0.4) is 0 Å². The molecule has 0 saturated carbocycles. The Kier molecular flexibility index (Phi) is 4.93. The highest BCUT2D eigenvalue weighted by Gasteiger charge is 2.06. The third-order valence-corrected chi connectivity index (χ3v) is 4.07. The summed E-state index contributed by atoms with van der Waals surface area (Å²) in [5.41, 5.74) is 2.35. The lowest BCUT2D eigenvalue weighted by Crippen LogP contribution is -2.04. The fraction of sp³-hybridized carbons (Fsp3) is 0.400. The largest absolute Gasteiger partial charge is 0.493 e. The minimum absolute atomic E-state index is 0.676. The first-order valence-corrected chi connectivity index (χ1v) is 7.30. The summed E-state index contributed by atoms with van der Waals surface area (Å²) in [6.45, 7) is 5.70. The first-order valence-electron chi connectivity index (χ1n) is 6.48. The van der Waals surface area contributed by atoms with Crippen LogP contribution < -0.4 is 10.1 Å². The van der Waals surface area contributed by atoms with Gasteiger partial charge in [-0.3, -0.25) is 0 Å². The molecular formula is C15H20N2OS. The molecule has 2 rings (SSSR count). The summed E-state index contributed by atoms with van der Waals surface area (Å²) in [5, 5.41) is 4.31. The van der Waals surface area contributed by atoms with Gasteiger partial charge in [0.1, 0.15) is 5.75 Å². The average Bonchev–Trinajstić information content (AvgIpc) is 2.71. The Labute approximate surface area is 118 Å². The maximum absolute atomic E-state index is 5.75. The molecule has 1 heterocycles. The molecule has 0 fully saturated rings. The molecule has 4 heteroatoms. The summed E-state index contributed by atoms with van der Waals surface area (Å²) in [7, 11) is 1.96. The van der Waals surface area contributed by atoms with Crippen molar-refractivity contribution in [2.45, 2.75) is 26.8 Å². The second-order valence-electron chi connectivity index (χ2n) is 4.56. The van der Waals surface area contributed by atoms with Crippen LogP contribution in [0.15, 0.2) is 24.3 Å². The highest BCUT2D eigenvalue weighted by atomic mass is 32.1. The van der Waals surface area contributed by atoms with E-state index in [1.165, 1.54) is 10.4 Å². The van der Waals surface area contributed by atoms with Crippen molar-refractivity contribution in [3.05, 3.63) is 45.4 Å². The van der Waals surface area contributed by atoms with Crippen molar-refractivity contribution in [1.82, 2.24) is 10.3 Å². The number of thiazole rings is 1. The van der Waals surface area contributed by atoms with E-state index < -0.39 is 0 Å². The van der Waals surface area contributed by atoms with E-state index in [0.717, 1.165) is 29.4 Å². The third kappa shape index (κ3) is 4.04. The number of nitrogens with one attached hydrogen (secondary N) is 1. The Morgan fingerprint density at radius 2 is 2.16 bits per heavy atom. The van der Waals surface area contributed by atoms with Crippen LogP contribution in [0, 0.1) is 13.8 Å². The van der Waals surface area contributed by atoms with Gasteiger partial charge >= 0.3 is 0 Å². The van der Waals surface area contributed by atoms with Crippen LogP contribution >= 0.6 is 11.3 Å². The van der Waals surface area contributed by atoms with Crippen LogP contribution in [0.2, 0.25) is 0 Å². The number of rotatable bonds is 6. The van der Waals surface area contributed by atoms with Gasteiger partial charge in [-0.05, 0) is 38.6 Å². The molecule has 3 nitrogen and oxygen atoms in total. The summed E-state index contributed by atoms with van der Waals surface area (Å²) in [5.74, 6) is 0.934.